The zero-order valence-electron chi connectivity index (χ0n) is 15.5. The summed E-state index contributed by atoms with van der Waals surface area (Å²) in [5, 5.41) is 16.5. The molecule has 1 amide bonds. The number of rotatable bonds is 5. The fourth-order valence-corrected chi connectivity index (χ4v) is 3.12. The summed E-state index contributed by atoms with van der Waals surface area (Å²) in [4.78, 5) is 17.2. The van der Waals surface area contributed by atoms with Gasteiger partial charge in [-0.2, -0.15) is 5.10 Å². The third kappa shape index (κ3) is 3.14. The Morgan fingerprint density at radius 1 is 1.26 bits per heavy atom. The minimum atomic E-state index is -0.145. The van der Waals surface area contributed by atoms with Crippen LogP contribution in [0.1, 0.15) is 41.8 Å². The molecule has 0 aromatic carbocycles. The van der Waals surface area contributed by atoms with Gasteiger partial charge in [0, 0.05) is 30.6 Å². The van der Waals surface area contributed by atoms with E-state index in [1.807, 2.05) is 46.5 Å². The van der Waals surface area contributed by atoms with Gasteiger partial charge in [0.05, 0.1) is 17.5 Å². The molecule has 0 radical (unpaired) electrons. The number of hydrogen-bond acceptors (Lipinski definition) is 5. The molecule has 0 atom stereocenters. The molecule has 4 aromatic rings. The van der Waals surface area contributed by atoms with E-state index in [9.17, 15) is 4.79 Å². The van der Waals surface area contributed by atoms with Gasteiger partial charge in [-0.05, 0) is 39.0 Å². The first-order chi connectivity index (χ1) is 13.0. The zero-order chi connectivity index (χ0) is 19.0. The third-order valence-electron chi connectivity index (χ3n) is 4.51. The first kappa shape index (κ1) is 17.1. The number of pyridine rings is 2. The van der Waals surface area contributed by atoms with Crippen LogP contribution in [0.4, 0.5) is 0 Å². The van der Waals surface area contributed by atoms with Gasteiger partial charge in [0.25, 0.3) is 5.91 Å². The fraction of sp³-hybridized carbons (Fsp3) is 0.316. The van der Waals surface area contributed by atoms with E-state index < -0.39 is 0 Å². The molecule has 0 unspecified atom stereocenters. The Morgan fingerprint density at radius 2 is 2.11 bits per heavy atom. The van der Waals surface area contributed by atoms with Crippen LogP contribution < -0.4 is 5.32 Å². The van der Waals surface area contributed by atoms with Crippen molar-refractivity contribution in [2.75, 3.05) is 6.54 Å². The summed E-state index contributed by atoms with van der Waals surface area (Å²) in [7, 11) is 0. The van der Waals surface area contributed by atoms with Crippen molar-refractivity contribution in [3.05, 3.63) is 53.7 Å². The SMILES string of the molecule is Cc1nc2c(cnn2C(C)C)cc1C(=O)NCCc1nnc2ccccn12. The van der Waals surface area contributed by atoms with Crippen LogP contribution in [0.3, 0.4) is 0 Å². The number of carbonyl (C=O) groups is 1. The molecule has 0 spiro atoms. The van der Waals surface area contributed by atoms with Crippen molar-refractivity contribution in [2.45, 2.75) is 33.2 Å². The van der Waals surface area contributed by atoms with Gasteiger partial charge < -0.3 is 5.32 Å². The predicted octanol–water partition coefficient (Wildman–Crippen LogP) is 2.34. The molecule has 0 saturated heterocycles. The Hall–Kier alpha value is -3.29. The summed E-state index contributed by atoms with van der Waals surface area (Å²) < 4.78 is 3.78. The Bertz CT molecular complexity index is 1130. The van der Waals surface area contributed by atoms with Crippen LogP contribution in [0.2, 0.25) is 0 Å². The summed E-state index contributed by atoms with van der Waals surface area (Å²) in [5.41, 5.74) is 2.85. The molecule has 4 aromatic heterocycles. The number of hydrogen-bond donors (Lipinski definition) is 1. The molecule has 138 valence electrons. The van der Waals surface area contributed by atoms with E-state index in [0.29, 0.717) is 24.2 Å². The second kappa shape index (κ2) is 6.79. The largest absolute Gasteiger partial charge is 0.352 e. The van der Waals surface area contributed by atoms with Gasteiger partial charge >= 0.3 is 0 Å². The number of aryl methyl sites for hydroxylation is 1. The van der Waals surface area contributed by atoms with Gasteiger partial charge in [-0.25, -0.2) is 9.67 Å². The summed E-state index contributed by atoms with van der Waals surface area (Å²) in [5.74, 6) is 0.669. The van der Waals surface area contributed by atoms with Crippen molar-refractivity contribution in [1.82, 2.24) is 34.7 Å². The molecule has 8 nitrogen and oxygen atoms in total. The number of nitrogens with zero attached hydrogens (tertiary/aromatic N) is 6. The van der Waals surface area contributed by atoms with Gasteiger partial charge in [0.1, 0.15) is 5.82 Å². The summed E-state index contributed by atoms with van der Waals surface area (Å²) in [6.07, 6.45) is 4.26. The van der Waals surface area contributed by atoms with Crippen molar-refractivity contribution in [2.24, 2.45) is 0 Å². The lowest BCUT2D eigenvalue weighted by Gasteiger charge is -2.09. The number of nitrogens with one attached hydrogen (secondary N) is 1. The van der Waals surface area contributed by atoms with E-state index in [1.54, 1.807) is 6.20 Å². The summed E-state index contributed by atoms with van der Waals surface area (Å²) in [6.45, 7) is 6.42. The Kier molecular flexibility index (Phi) is 4.31. The van der Waals surface area contributed by atoms with E-state index >= 15 is 0 Å². The fourth-order valence-electron chi connectivity index (χ4n) is 3.12. The molecule has 0 aliphatic carbocycles. The van der Waals surface area contributed by atoms with Crippen LogP contribution in [0, 0.1) is 6.92 Å². The average Bonchev–Trinajstić information content (AvgIpc) is 3.25. The number of aromatic nitrogens is 6. The molecule has 4 heterocycles. The predicted molar refractivity (Wildman–Crippen MR) is 102 cm³/mol. The smallest absolute Gasteiger partial charge is 0.253 e. The first-order valence-electron chi connectivity index (χ1n) is 8.96. The molecule has 0 fully saturated rings. The molecule has 27 heavy (non-hydrogen) atoms. The summed E-state index contributed by atoms with van der Waals surface area (Å²) >= 11 is 0. The maximum absolute atomic E-state index is 12.6. The molecular formula is C19H21N7O. The van der Waals surface area contributed by atoms with Crippen LogP contribution in [0.15, 0.2) is 36.7 Å². The lowest BCUT2D eigenvalue weighted by molar-refractivity contribution is 0.0953. The molecule has 4 rings (SSSR count). The maximum atomic E-state index is 12.6. The van der Waals surface area contributed by atoms with E-state index in [2.05, 4.69) is 39.4 Å². The quantitative estimate of drug-likeness (QED) is 0.588. The van der Waals surface area contributed by atoms with Crippen molar-refractivity contribution in [3.8, 4) is 0 Å². The second-order valence-electron chi connectivity index (χ2n) is 6.77. The van der Waals surface area contributed by atoms with Gasteiger partial charge in [-0.15, -0.1) is 10.2 Å². The monoisotopic (exact) mass is 363 g/mol. The zero-order valence-corrected chi connectivity index (χ0v) is 15.5. The van der Waals surface area contributed by atoms with E-state index in [1.165, 1.54) is 0 Å². The maximum Gasteiger partial charge on any atom is 0.253 e. The van der Waals surface area contributed by atoms with Crippen molar-refractivity contribution >= 4 is 22.6 Å². The first-order valence-corrected chi connectivity index (χ1v) is 8.96. The Morgan fingerprint density at radius 3 is 2.93 bits per heavy atom. The minimum Gasteiger partial charge on any atom is -0.352 e. The van der Waals surface area contributed by atoms with Gasteiger partial charge in [-0.1, -0.05) is 6.07 Å². The number of carbonyl (C=O) groups excluding carboxylic acids is 1. The number of fused-ring (bicyclic) bond motifs is 2. The van der Waals surface area contributed by atoms with Gasteiger partial charge in [0.2, 0.25) is 0 Å². The van der Waals surface area contributed by atoms with Crippen LogP contribution in [0.25, 0.3) is 16.7 Å². The minimum absolute atomic E-state index is 0.145. The topological polar surface area (TPSA) is 90.0 Å². The van der Waals surface area contributed by atoms with Crippen molar-refractivity contribution in [1.29, 1.82) is 0 Å². The Balaban J connectivity index is 1.49. The third-order valence-corrected chi connectivity index (χ3v) is 4.51. The second-order valence-corrected chi connectivity index (χ2v) is 6.77. The highest BCUT2D eigenvalue weighted by atomic mass is 16.1. The average molecular weight is 363 g/mol. The molecule has 0 bridgehead atoms. The van der Waals surface area contributed by atoms with Crippen LogP contribution in [0.5, 0.6) is 0 Å². The molecule has 1 N–H and O–H groups in total. The van der Waals surface area contributed by atoms with Crippen LogP contribution in [-0.4, -0.2) is 41.8 Å². The molecule has 0 aliphatic heterocycles. The Labute approximate surface area is 156 Å². The normalized spacial score (nSPS) is 11.6. The standard InChI is InChI=1S/C19H21N7O/c1-12(2)26-18-14(11-21-26)10-15(13(3)22-18)19(27)20-8-7-17-24-23-16-6-4-5-9-25(16)17/h4-6,9-12H,7-8H2,1-3H3,(H,20,27). The van der Waals surface area contributed by atoms with Crippen molar-refractivity contribution < 1.29 is 4.79 Å². The molecule has 0 saturated carbocycles. The molecule has 8 heteroatoms. The highest BCUT2D eigenvalue weighted by molar-refractivity contribution is 5.98. The van der Waals surface area contributed by atoms with Crippen LogP contribution >= 0.6 is 0 Å². The lowest BCUT2D eigenvalue weighted by atomic mass is 10.1. The lowest BCUT2D eigenvalue weighted by Crippen LogP contribution is -2.27. The van der Waals surface area contributed by atoms with Crippen LogP contribution in [-0.2, 0) is 6.42 Å². The van der Waals surface area contributed by atoms with E-state index in [0.717, 1.165) is 22.5 Å². The number of amides is 1. The van der Waals surface area contributed by atoms with E-state index in [4.69, 9.17) is 0 Å². The van der Waals surface area contributed by atoms with Gasteiger partial charge in [0.15, 0.2) is 11.3 Å². The summed E-state index contributed by atoms with van der Waals surface area (Å²) in [6, 6.07) is 7.82. The van der Waals surface area contributed by atoms with Crippen molar-refractivity contribution in [3.63, 3.8) is 0 Å². The highest BCUT2D eigenvalue weighted by Gasteiger charge is 2.15. The van der Waals surface area contributed by atoms with Gasteiger partial charge in [-0.3, -0.25) is 9.20 Å². The molecular weight excluding hydrogens is 342 g/mol. The molecule has 0 aliphatic rings. The highest BCUT2D eigenvalue weighted by Crippen LogP contribution is 2.19. The van der Waals surface area contributed by atoms with E-state index in [-0.39, 0.29) is 11.9 Å².